The predicted octanol–water partition coefficient (Wildman–Crippen LogP) is -0.0531. The summed E-state index contributed by atoms with van der Waals surface area (Å²) in [6, 6.07) is 0. The zero-order chi connectivity index (χ0) is 8.69. The van der Waals surface area contributed by atoms with Gasteiger partial charge in [-0.3, -0.25) is 4.79 Å². The van der Waals surface area contributed by atoms with Gasteiger partial charge in [0.1, 0.15) is 6.61 Å². The average molecular weight is 162 g/mol. The first-order chi connectivity index (χ1) is 5.13. The monoisotopic (exact) mass is 162 g/mol. The van der Waals surface area contributed by atoms with Gasteiger partial charge in [0, 0.05) is 6.92 Å². The van der Waals surface area contributed by atoms with Crippen LogP contribution in [0.5, 0.6) is 0 Å². The van der Waals surface area contributed by atoms with Gasteiger partial charge in [-0.05, 0) is 6.92 Å². The van der Waals surface area contributed by atoms with E-state index in [4.69, 9.17) is 9.84 Å². The highest BCUT2D eigenvalue weighted by molar-refractivity contribution is 5.65. The van der Waals surface area contributed by atoms with E-state index in [1.165, 1.54) is 6.92 Å². The van der Waals surface area contributed by atoms with Crippen molar-refractivity contribution in [2.75, 3.05) is 19.8 Å². The lowest BCUT2D eigenvalue weighted by atomic mass is 10.4. The van der Waals surface area contributed by atoms with E-state index in [2.05, 4.69) is 4.74 Å². The fourth-order valence-corrected chi connectivity index (χ4v) is 0.498. The van der Waals surface area contributed by atoms with E-state index in [0.717, 1.165) is 0 Å². The smallest absolute Gasteiger partial charge is 0.302 e. The molecule has 4 heteroatoms. The van der Waals surface area contributed by atoms with Gasteiger partial charge in [0.2, 0.25) is 0 Å². The molecule has 0 aliphatic carbocycles. The highest BCUT2D eigenvalue weighted by Crippen LogP contribution is 1.83. The van der Waals surface area contributed by atoms with Crippen LogP contribution in [0.3, 0.4) is 0 Å². The number of ether oxygens (including phenoxy) is 2. The molecule has 1 unspecified atom stereocenters. The number of aliphatic hydroxyl groups excluding tert-OH is 1. The molecule has 0 heterocycles. The Labute approximate surface area is 66.1 Å². The van der Waals surface area contributed by atoms with Crippen LogP contribution in [0.4, 0.5) is 0 Å². The van der Waals surface area contributed by atoms with Gasteiger partial charge in [0.05, 0.1) is 19.3 Å². The first kappa shape index (κ1) is 10.4. The van der Waals surface area contributed by atoms with Crippen molar-refractivity contribution < 1.29 is 19.4 Å². The van der Waals surface area contributed by atoms with Crippen molar-refractivity contribution in [2.24, 2.45) is 0 Å². The van der Waals surface area contributed by atoms with Gasteiger partial charge >= 0.3 is 5.97 Å². The molecule has 0 saturated heterocycles. The second-order valence-corrected chi connectivity index (χ2v) is 2.26. The topological polar surface area (TPSA) is 55.8 Å². The summed E-state index contributed by atoms with van der Waals surface area (Å²) in [4.78, 5) is 10.2. The Morgan fingerprint density at radius 2 is 2.18 bits per heavy atom. The Balaban J connectivity index is 2.97. The lowest BCUT2D eigenvalue weighted by Crippen LogP contribution is -2.14. The van der Waals surface area contributed by atoms with Gasteiger partial charge in [-0.1, -0.05) is 0 Å². The van der Waals surface area contributed by atoms with E-state index in [0.29, 0.717) is 6.61 Å². The van der Waals surface area contributed by atoms with Gasteiger partial charge in [-0.15, -0.1) is 0 Å². The Kier molecular flexibility index (Phi) is 5.78. The van der Waals surface area contributed by atoms with Crippen molar-refractivity contribution in [3.05, 3.63) is 0 Å². The Morgan fingerprint density at radius 3 is 2.64 bits per heavy atom. The number of hydrogen-bond acceptors (Lipinski definition) is 4. The largest absolute Gasteiger partial charge is 0.463 e. The zero-order valence-corrected chi connectivity index (χ0v) is 6.87. The normalized spacial score (nSPS) is 12.6. The predicted molar refractivity (Wildman–Crippen MR) is 39.1 cm³/mol. The van der Waals surface area contributed by atoms with Crippen LogP contribution in [0, 0.1) is 0 Å². The summed E-state index contributed by atoms with van der Waals surface area (Å²) in [6.07, 6.45) is -0.465. The van der Waals surface area contributed by atoms with Gasteiger partial charge < -0.3 is 14.6 Å². The zero-order valence-electron chi connectivity index (χ0n) is 6.87. The fourth-order valence-electron chi connectivity index (χ4n) is 0.498. The Bertz CT molecular complexity index is 111. The maximum absolute atomic E-state index is 10.2. The van der Waals surface area contributed by atoms with Crippen molar-refractivity contribution in [1.82, 2.24) is 0 Å². The first-order valence-corrected chi connectivity index (χ1v) is 3.52. The molecule has 0 radical (unpaired) electrons. The number of carbonyl (C=O) groups excluding carboxylic acids is 1. The minimum atomic E-state index is -0.465. The van der Waals surface area contributed by atoms with E-state index in [-0.39, 0.29) is 19.2 Å². The molecule has 1 N–H and O–H groups in total. The maximum Gasteiger partial charge on any atom is 0.302 e. The fraction of sp³-hybridized carbons (Fsp3) is 0.857. The summed E-state index contributed by atoms with van der Waals surface area (Å²) in [7, 11) is 0. The number of carbonyl (C=O) groups is 1. The maximum atomic E-state index is 10.2. The number of hydrogen-bond donors (Lipinski definition) is 1. The number of rotatable bonds is 5. The van der Waals surface area contributed by atoms with Crippen LogP contribution in [0.2, 0.25) is 0 Å². The molecule has 0 aliphatic heterocycles. The minimum Gasteiger partial charge on any atom is -0.463 e. The molecule has 0 spiro atoms. The van der Waals surface area contributed by atoms with Gasteiger partial charge in [0.15, 0.2) is 0 Å². The summed E-state index contributed by atoms with van der Waals surface area (Å²) in [5, 5.41) is 8.73. The van der Waals surface area contributed by atoms with Gasteiger partial charge in [-0.2, -0.15) is 0 Å². The lowest BCUT2D eigenvalue weighted by Gasteiger charge is -2.05. The van der Waals surface area contributed by atoms with E-state index in [1.807, 2.05) is 0 Å². The third-order valence-corrected chi connectivity index (χ3v) is 0.892. The molecule has 0 bridgehead atoms. The minimum absolute atomic E-state index is 0.252. The van der Waals surface area contributed by atoms with Crippen LogP contribution in [0.25, 0.3) is 0 Å². The van der Waals surface area contributed by atoms with Crippen LogP contribution < -0.4 is 0 Å². The second-order valence-electron chi connectivity index (χ2n) is 2.26. The number of esters is 1. The molecule has 0 aromatic heterocycles. The molecule has 0 rings (SSSR count). The molecule has 11 heavy (non-hydrogen) atoms. The summed E-state index contributed by atoms with van der Waals surface area (Å²) in [5.41, 5.74) is 0. The van der Waals surface area contributed by atoms with Crippen LogP contribution in [0.1, 0.15) is 13.8 Å². The molecule has 0 amide bonds. The second kappa shape index (κ2) is 6.12. The van der Waals surface area contributed by atoms with E-state index >= 15 is 0 Å². The summed E-state index contributed by atoms with van der Waals surface area (Å²) in [5.74, 6) is -0.314. The van der Waals surface area contributed by atoms with Crippen molar-refractivity contribution in [3.63, 3.8) is 0 Å². The van der Waals surface area contributed by atoms with Crippen molar-refractivity contribution in [1.29, 1.82) is 0 Å². The van der Waals surface area contributed by atoms with Crippen molar-refractivity contribution >= 4 is 5.97 Å². The molecular formula is C7H14O4. The van der Waals surface area contributed by atoms with E-state index in [9.17, 15) is 4.79 Å². The molecule has 0 aromatic carbocycles. The quantitative estimate of drug-likeness (QED) is 0.454. The highest BCUT2D eigenvalue weighted by Gasteiger charge is 1.95. The lowest BCUT2D eigenvalue weighted by molar-refractivity contribution is -0.142. The standard InChI is InChI=1S/C7H14O4/c1-6(8)5-10-3-4-11-7(2)9/h6,8H,3-5H2,1-2H3. The molecule has 0 fully saturated rings. The third kappa shape index (κ3) is 9.39. The first-order valence-electron chi connectivity index (χ1n) is 3.52. The molecule has 4 nitrogen and oxygen atoms in total. The molecule has 0 aromatic rings. The molecule has 0 aliphatic rings. The van der Waals surface area contributed by atoms with Crippen LogP contribution in [-0.4, -0.2) is 37.0 Å². The van der Waals surface area contributed by atoms with Crippen LogP contribution in [0.15, 0.2) is 0 Å². The van der Waals surface area contributed by atoms with Crippen molar-refractivity contribution in [3.8, 4) is 0 Å². The summed E-state index contributed by atoms with van der Waals surface area (Å²) >= 11 is 0. The molecule has 0 saturated carbocycles. The Morgan fingerprint density at radius 1 is 1.55 bits per heavy atom. The SMILES string of the molecule is CC(=O)OCCOCC(C)O. The highest BCUT2D eigenvalue weighted by atomic mass is 16.6. The van der Waals surface area contributed by atoms with Crippen LogP contribution >= 0.6 is 0 Å². The molecular weight excluding hydrogens is 148 g/mol. The van der Waals surface area contributed by atoms with E-state index in [1.54, 1.807) is 6.92 Å². The molecule has 1 atom stereocenters. The molecule has 66 valence electrons. The summed E-state index contributed by atoms with van der Waals surface area (Å²) < 4.78 is 9.50. The van der Waals surface area contributed by atoms with Crippen molar-refractivity contribution in [2.45, 2.75) is 20.0 Å². The summed E-state index contributed by atoms with van der Waals surface area (Å²) in [6.45, 7) is 3.84. The van der Waals surface area contributed by atoms with Gasteiger partial charge in [0.25, 0.3) is 0 Å². The Hall–Kier alpha value is -0.610. The third-order valence-electron chi connectivity index (χ3n) is 0.892. The van der Waals surface area contributed by atoms with E-state index < -0.39 is 6.10 Å². The number of aliphatic hydroxyl groups is 1. The average Bonchev–Trinajstić information content (AvgIpc) is 1.85. The van der Waals surface area contributed by atoms with Gasteiger partial charge in [-0.25, -0.2) is 0 Å². The van der Waals surface area contributed by atoms with Crippen LogP contribution in [-0.2, 0) is 14.3 Å².